The Morgan fingerprint density at radius 2 is 2.05 bits per heavy atom. The van der Waals surface area contributed by atoms with Crippen LogP contribution in [-0.2, 0) is 6.54 Å². The second-order valence-electron chi connectivity index (χ2n) is 7.15. The van der Waals surface area contributed by atoms with Crippen LogP contribution in [0.5, 0.6) is 0 Å². The van der Waals surface area contributed by atoms with E-state index in [1.54, 1.807) is 0 Å². The molecule has 1 aromatic rings. The molecule has 1 aliphatic heterocycles. The lowest BCUT2D eigenvalue weighted by Crippen LogP contribution is -2.39. The number of aromatic nitrogens is 1. The molecule has 1 fully saturated rings. The first-order chi connectivity index (χ1) is 9.87. The Morgan fingerprint density at radius 1 is 1.38 bits per heavy atom. The maximum Gasteiger partial charge on any atom is 0.133 e. The fraction of sp³-hybridized carbons (Fsp3) is 0.706. The molecule has 1 aliphatic rings. The van der Waals surface area contributed by atoms with Crippen molar-refractivity contribution in [3.63, 3.8) is 0 Å². The van der Waals surface area contributed by atoms with Gasteiger partial charge in [-0.25, -0.2) is 4.98 Å². The minimum atomic E-state index is -0.196. The van der Waals surface area contributed by atoms with Crippen molar-refractivity contribution in [2.75, 3.05) is 18.0 Å². The van der Waals surface area contributed by atoms with E-state index in [2.05, 4.69) is 42.0 Å². The van der Waals surface area contributed by atoms with Crippen LogP contribution in [-0.4, -0.2) is 34.8 Å². The van der Waals surface area contributed by atoms with Gasteiger partial charge in [-0.15, -0.1) is 0 Å². The van der Waals surface area contributed by atoms with Gasteiger partial charge in [-0.2, -0.15) is 0 Å². The Bertz CT molecular complexity index is 446. The monoisotopic (exact) mass is 291 g/mol. The Kier molecular flexibility index (Phi) is 5.22. The summed E-state index contributed by atoms with van der Waals surface area (Å²) >= 11 is 0. The molecule has 1 aromatic heterocycles. The van der Waals surface area contributed by atoms with Crippen molar-refractivity contribution >= 4 is 5.82 Å². The van der Waals surface area contributed by atoms with Crippen LogP contribution in [0.25, 0.3) is 0 Å². The highest BCUT2D eigenvalue weighted by Gasteiger charge is 2.24. The molecule has 0 bridgehead atoms. The van der Waals surface area contributed by atoms with Gasteiger partial charge in [0.05, 0.1) is 6.10 Å². The van der Waals surface area contributed by atoms with Gasteiger partial charge in [-0.1, -0.05) is 6.07 Å². The molecule has 0 radical (unpaired) electrons. The quantitative estimate of drug-likeness (QED) is 0.895. The molecular weight excluding hydrogens is 262 g/mol. The average Bonchev–Trinajstić information content (AvgIpc) is 2.45. The second kappa shape index (κ2) is 6.75. The summed E-state index contributed by atoms with van der Waals surface area (Å²) in [5.74, 6) is 1.53. The second-order valence-corrected chi connectivity index (χ2v) is 7.15. The van der Waals surface area contributed by atoms with Gasteiger partial charge in [-0.05, 0) is 52.5 Å². The summed E-state index contributed by atoms with van der Waals surface area (Å²) in [6, 6.07) is 4.16. The fourth-order valence-corrected chi connectivity index (χ4v) is 2.81. The van der Waals surface area contributed by atoms with E-state index in [1.807, 2.05) is 19.2 Å². The van der Waals surface area contributed by atoms with E-state index >= 15 is 0 Å². The summed E-state index contributed by atoms with van der Waals surface area (Å²) in [6.45, 7) is 11.2. The Balaban J connectivity index is 2.03. The number of hydrogen-bond donors (Lipinski definition) is 2. The van der Waals surface area contributed by atoms with Crippen molar-refractivity contribution in [3.8, 4) is 0 Å². The molecule has 0 aliphatic carbocycles. The minimum Gasteiger partial charge on any atom is -0.393 e. The van der Waals surface area contributed by atoms with Gasteiger partial charge >= 0.3 is 0 Å². The van der Waals surface area contributed by atoms with Gasteiger partial charge in [0, 0.05) is 36.9 Å². The first-order valence-electron chi connectivity index (χ1n) is 7.99. The maximum absolute atomic E-state index is 9.72. The molecule has 2 rings (SSSR count). The third-order valence-corrected chi connectivity index (χ3v) is 4.20. The molecule has 0 spiro atoms. The minimum absolute atomic E-state index is 0.104. The highest BCUT2D eigenvalue weighted by Crippen LogP contribution is 2.26. The summed E-state index contributed by atoms with van der Waals surface area (Å²) in [5, 5.41) is 13.3. The van der Waals surface area contributed by atoms with E-state index in [0.29, 0.717) is 5.92 Å². The third-order valence-electron chi connectivity index (χ3n) is 4.20. The van der Waals surface area contributed by atoms with Crippen LogP contribution >= 0.6 is 0 Å². The zero-order valence-corrected chi connectivity index (χ0v) is 13.8. The molecule has 0 aromatic carbocycles. The normalized spacial score (nSPS) is 18.8. The van der Waals surface area contributed by atoms with Crippen molar-refractivity contribution in [2.45, 2.75) is 58.7 Å². The van der Waals surface area contributed by atoms with E-state index in [9.17, 15) is 5.11 Å². The molecule has 118 valence electrons. The SMILES string of the molecule is CC(O)C1CCN(c2ncccc2CNC(C)(C)C)CC1. The number of nitrogens with one attached hydrogen (secondary N) is 1. The summed E-state index contributed by atoms with van der Waals surface area (Å²) in [7, 11) is 0. The topological polar surface area (TPSA) is 48.4 Å². The average molecular weight is 291 g/mol. The van der Waals surface area contributed by atoms with Crippen LogP contribution in [0, 0.1) is 5.92 Å². The smallest absolute Gasteiger partial charge is 0.133 e. The van der Waals surface area contributed by atoms with Crippen LogP contribution in [0.1, 0.15) is 46.1 Å². The zero-order valence-electron chi connectivity index (χ0n) is 13.8. The molecule has 1 unspecified atom stereocenters. The Hall–Kier alpha value is -1.13. The number of hydrogen-bond acceptors (Lipinski definition) is 4. The van der Waals surface area contributed by atoms with Crippen LogP contribution in [0.2, 0.25) is 0 Å². The van der Waals surface area contributed by atoms with Crippen molar-refractivity contribution in [3.05, 3.63) is 23.9 Å². The van der Waals surface area contributed by atoms with E-state index in [1.165, 1.54) is 5.56 Å². The lowest BCUT2D eigenvalue weighted by molar-refractivity contribution is 0.109. The van der Waals surface area contributed by atoms with Gasteiger partial charge in [0.1, 0.15) is 5.82 Å². The summed E-state index contributed by atoms with van der Waals surface area (Å²) < 4.78 is 0. The van der Waals surface area contributed by atoms with Crippen LogP contribution in [0.3, 0.4) is 0 Å². The molecule has 0 saturated carbocycles. The van der Waals surface area contributed by atoms with Crippen molar-refractivity contribution < 1.29 is 5.11 Å². The number of nitrogens with zero attached hydrogens (tertiary/aromatic N) is 2. The van der Waals surface area contributed by atoms with Crippen molar-refractivity contribution in [1.29, 1.82) is 0 Å². The number of anilines is 1. The summed E-state index contributed by atoms with van der Waals surface area (Å²) in [6.07, 6.45) is 3.76. The van der Waals surface area contributed by atoms with E-state index < -0.39 is 0 Å². The largest absolute Gasteiger partial charge is 0.393 e. The van der Waals surface area contributed by atoms with E-state index in [0.717, 1.165) is 38.3 Å². The number of rotatable bonds is 4. The summed E-state index contributed by atoms with van der Waals surface area (Å²) in [5.41, 5.74) is 1.36. The highest BCUT2D eigenvalue weighted by molar-refractivity contribution is 5.47. The van der Waals surface area contributed by atoms with Gasteiger partial charge in [0.25, 0.3) is 0 Å². The molecular formula is C17H29N3O. The van der Waals surface area contributed by atoms with Crippen molar-refractivity contribution in [2.24, 2.45) is 5.92 Å². The fourth-order valence-electron chi connectivity index (χ4n) is 2.81. The summed E-state index contributed by atoms with van der Waals surface area (Å²) in [4.78, 5) is 6.96. The maximum atomic E-state index is 9.72. The molecule has 2 N–H and O–H groups in total. The van der Waals surface area contributed by atoms with E-state index in [4.69, 9.17) is 0 Å². The zero-order chi connectivity index (χ0) is 15.5. The van der Waals surface area contributed by atoms with Crippen LogP contribution < -0.4 is 10.2 Å². The highest BCUT2D eigenvalue weighted by atomic mass is 16.3. The Morgan fingerprint density at radius 3 is 2.62 bits per heavy atom. The standard InChI is InChI=1S/C17H29N3O/c1-13(21)14-7-10-20(11-8-14)16-15(6-5-9-18-16)12-19-17(2,3)4/h5-6,9,13-14,19,21H,7-8,10-12H2,1-4H3. The molecule has 1 saturated heterocycles. The van der Waals surface area contributed by atoms with Gasteiger partial charge < -0.3 is 15.3 Å². The first kappa shape index (κ1) is 16.2. The Labute approximate surface area is 128 Å². The molecule has 4 nitrogen and oxygen atoms in total. The lowest BCUT2D eigenvalue weighted by atomic mass is 9.92. The number of aliphatic hydroxyl groups is 1. The predicted molar refractivity (Wildman–Crippen MR) is 87.4 cm³/mol. The molecule has 1 atom stereocenters. The third kappa shape index (κ3) is 4.68. The van der Waals surface area contributed by atoms with E-state index in [-0.39, 0.29) is 11.6 Å². The first-order valence-corrected chi connectivity index (χ1v) is 7.99. The van der Waals surface area contributed by atoms with Gasteiger partial charge in [-0.3, -0.25) is 0 Å². The molecule has 2 heterocycles. The molecule has 4 heteroatoms. The molecule has 21 heavy (non-hydrogen) atoms. The number of pyridine rings is 1. The number of piperidine rings is 1. The van der Waals surface area contributed by atoms with Crippen molar-refractivity contribution in [1.82, 2.24) is 10.3 Å². The van der Waals surface area contributed by atoms with Crippen LogP contribution in [0.15, 0.2) is 18.3 Å². The van der Waals surface area contributed by atoms with Gasteiger partial charge in [0.15, 0.2) is 0 Å². The van der Waals surface area contributed by atoms with Gasteiger partial charge in [0.2, 0.25) is 0 Å². The van der Waals surface area contributed by atoms with Crippen LogP contribution in [0.4, 0.5) is 5.82 Å². The predicted octanol–water partition coefficient (Wildman–Crippen LogP) is 2.57. The molecule has 0 amide bonds. The lowest BCUT2D eigenvalue weighted by Gasteiger charge is -2.35. The number of aliphatic hydroxyl groups excluding tert-OH is 1.